The number of aliphatic hydroxyl groups is 1. The van der Waals surface area contributed by atoms with E-state index in [9.17, 15) is 5.11 Å². The SMILES string of the molecule is COCC(O)CN(C)c1nc(NN)nc(N2CCCC2)n1. The van der Waals surface area contributed by atoms with Gasteiger partial charge in [-0.05, 0) is 12.8 Å². The van der Waals surface area contributed by atoms with Crippen molar-refractivity contribution in [1.82, 2.24) is 15.0 Å². The van der Waals surface area contributed by atoms with Crippen LogP contribution >= 0.6 is 0 Å². The Kier molecular flexibility index (Phi) is 5.48. The van der Waals surface area contributed by atoms with E-state index in [1.165, 1.54) is 0 Å². The highest BCUT2D eigenvalue weighted by Gasteiger charge is 2.19. The maximum absolute atomic E-state index is 9.80. The molecule has 1 atom stereocenters. The van der Waals surface area contributed by atoms with E-state index in [-0.39, 0.29) is 6.61 Å². The summed E-state index contributed by atoms with van der Waals surface area (Å²) in [7, 11) is 3.36. The molecule has 21 heavy (non-hydrogen) atoms. The van der Waals surface area contributed by atoms with Gasteiger partial charge in [-0.1, -0.05) is 0 Å². The first-order chi connectivity index (χ1) is 10.1. The summed E-state index contributed by atoms with van der Waals surface area (Å²) in [5.41, 5.74) is 2.46. The van der Waals surface area contributed by atoms with Crippen LogP contribution in [0.4, 0.5) is 17.8 Å². The van der Waals surface area contributed by atoms with Gasteiger partial charge in [0.05, 0.1) is 12.7 Å². The summed E-state index contributed by atoms with van der Waals surface area (Å²) in [4.78, 5) is 16.8. The van der Waals surface area contributed by atoms with E-state index in [0.717, 1.165) is 25.9 Å². The second-order valence-corrected chi connectivity index (χ2v) is 5.09. The second-order valence-electron chi connectivity index (χ2n) is 5.09. The van der Waals surface area contributed by atoms with Crippen molar-refractivity contribution in [3.63, 3.8) is 0 Å². The van der Waals surface area contributed by atoms with E-state index in [2.05, 4.69) is 25.3 Å². The molecule has 2 heterocycles. The van der Waals surface area contributed by atoms with Crippen LogP contribution in [0.5, 0.6) is 0 Å². The van der Waals surface area contributed by atoms with Gasteiger partial charge in [0.1, 0.15) is 0 Å². The lowest BCUT2D eigenvalue weighted by molar-refractivity contribution is 0.0693. The average molecular weight is 297 g/mol. The number of hydrogen-bond donors (Lipinski definition) is 3. The number of nitrogens with two attached hydrogens (primary N) is 1. The molecule has 2 rings (SSSR count). The molecule has 0 spiro atoms. The third kappa shape index (κ3) is 4.13. The smallest absolute Gasteiger partial charge is 0.243 e. The third-order valence-electron chi connectivity index (χ3n) is 3.31. The van der Waals surface area contributed by atoms with Crippen LogP contribution in [0.1, 0.15) is 12.8 Å². The van der Waals surface area contributed by atoms with Crippen molar-refractivity contribution in [1.29, 1.82) is 0 Å². The van der Waals surface area contributed by atoms with E-state index >= 15 is 0 Å². The largest absolute Gasteiger partial charge is 0.389 e. The molecule has 0 radical (unpaired) electrons. The topological polar surface area (TPSA) is 113 Å². The van der Waals surface area contributed by atoms with Crippen LogP contribution in [0, 0.1) is 0 Å². The molecule has 0 aliphatic carbocycles. The molecule has 1 saturated heterocycles. The fourth-order valence-electron chi connectivity index (χ4n) is 2.29. The van der Waals surface area contributed by atoms with Crippen LogP contribution in [0.25, 0.3) is 0 Å². The van der Waals surface area contributed by atoms with Gasteiger partial charge in [0.15, 0.2) is 0 Å². The molecular formula is C12H23N7O2. The molecule has 1 aliphatic heterocycles. The fraction of sp³-hybridized carbons (Fsp3) is 0.750. The highest BCUT2D eigenvalue weighted by molar-refractivity contribution is 5.44. The number of aromatic nitrogens is 3. The van der Waals surface area contributed by atoms with Gasteiger partial charge >= 0.3 is 0 Å². The van der Waals surface area contributed by atoms with Crippen LogP contribution in [-0.2, 0) is 4.74 Å². The Balaban J connectivity index is 2.15. The maximum Gasteiger partial charge on any atom is 0.243 e. The lowest BCUT2D eigenvalue weighted by Gasteiger charge is -2.22. The molecule has 1 aromatic heterocycles. The van der Waals surface area contributed by atoms with E-state index < -0.39 is 6.10 Å². The summed E-state index contributed by atoms with van der Waals surface area (Å²) in [6.07, 6.45) is 1.66. The zero-order valence-corrected chi connectivity index (χ0v) is 12.5. The number of nitrogen functional groups attached to an aromatic ring is 1. The van der Waals surface area contributed by atoms with Gasteiger partial charge in [0, 0.05) is 33.8 Å². The molecule has 0 saturated carbocycles. The summed E-state index contributed by atoms with van der Waals surface area (Å²) in [6, 6.07) is 0. The molecule has 1 unspecified atom stereocenters. The lowest BCUT2D eigenvalue weighted by Crippen LogP contribution is -2.34. The van der Waals surface area contributed by atoms with E-state index in [0.29, 0.717) is 24.4 Å². The number of nitrogens with one attached hydrogen (secondary N) is 1. The molecule has 9 heteroatoms. The van der Waals surface area contributed by atoms with E-state index in [1.807, 2.05) is 7.05 Å². The number of anilines is 3. The number of hydrogen-bond acceptors (Lipinski definition) is 9. The van der Waals surface area contributed by atoms with Crippen molar-refractivity contribution < 1.29 is 9.84 Å². The van der Waals surface area contributed by atoms with Crippen molar-refractivity contribution in [2.75, 3.05) is 55.6 Å². The monoisotopic (exact) mass is 297 g/mol. The predicted molar refractivity (Wildman–Crippen MR) is 80.2 cm³/mol. The Morgan fingerprint density at radius 3 is 2.71 bits per heavy atom. The van der Waals surface area contributed by atoms with Crippen LogP contribution < -0.4 is 21.1 Å². The zero-order chi connectivity index (χ0) is 15.2. The lowest BCUT2D eigenvalue weighted by atomic mass is 10.3. The van der Waals surface area contributed by atoms with Gasteiger partial charge in [-0.25, -0.2) is 5.84 Å². The summed E-state index contributed by atoms with van der Waals surface area (Å²) in [6.45, 7) is 2.49. The van der Waals surface area contributed by atoms with Gasteiger partial charge in [-0.2, -0.15) is 15.0 Å². The summed E-state index contributed by atoms with van der Waals surface area (Å²) < 4.78 is 4.92. The van der Waals surface area contributed by atoms with Crippen molar-refractivity contribution >= 4 is 17.8 Å². The normalized spacial score (nSPS) is 16.1. The molecule has 118 valence electrons. The predicted octanol–water partition coefficient (Wildman–Crippen LogP) is -0.799. The number of likely N-dealkylation sites (N-methyl/N-ethyl adjacent to an activating group) is 1. The van der Waals surface area contributed by atoms with Crippen molar-refractivity contribution in [2.24, 2.45) is 5.84 Å². The number of methoxy groups -OCH3 is 1. The molecule has 1 aromatic rings. The van der Waals surface area contributed by atoms with Crippen molar-refractivity contribution in [3.05, 3.63) is 0 Å². The molecule has 4 N–H and O–H groups in total. The number of hydrazine groups is 1. The van der Waals surface area contributed by atoms with Gasteiger partial charge < -0.3 is 19.6 Å². The van der Waals surface area contributed by atoms with E-state index in [4.69, 9.17) is 10.6 Å². The Hall–Kier alpha value is -1.71. The van der Waals surface area contributed by atoms with Gasteiger partial charge in [0.2, 0.25) is 17.8 Å². The molecule has 0 aromatic carbocycles. The highest BCUT2D eigenvalue weighted by Crippen LogP contribution is 2.19. The quantitative estimate of drug-likeness (QED) is 0.440. The first kappa shape index (κ1) is 15.7. The Bertz CT molecular complexity index is 453. The van der Waals surface area contributed by atoms with Crippen LogP contribution in [0.15, 0.2) is 0 Å². The first-order valence-corrected chi connectivity index (χ1v) is 7.00. The minimum Gasteiger partial charge on any atom is -0.389 e. The standard InChI is InChI=1S/C12H23N7O2/c1-18(7-9(20)8-21-2)11-14-10(17-13)15-12(16-11)19-5-3-4-6-19/h9,20H,3-8,13H2,1-2H3,(H,14,15,16,17). The molecule has 9 nitrogen and oxygen atoms in total. The fourth-order valence-corrected chi connectivity index (χ4v) is 2.29. The number of nitrogens with zero attached hydrogens (tertiary/aromatic N) is 5. The van der Waals surface area contributed by atoms with Crippen LogP contribution in [0.2, 0.25) is 0 Å². The molecule has 0 bridgehead atoms. The second kappa shape index (κ2) is 7.34. The van der Waals surface area contributed by atoms with Crippen molar-refractivity contribution in [2.45, 2.75) is 18.9 Å². The van der Waals surface area contributed by atoms with Crippen LogP contribution in [-0.4, -0.2) is 66.6 Å². The van der Waals surface area contributed by atoms with Crippen LogP contribution in [0.3, 0.4) is 0 Å². The number of rotatable bonds is 7. The Morgan fingerprint density at radius 2 is 2.10 bits per heavy atom. The molecule has 0 amide bonds. The Morgan fingerprint density at radius 1 is 1.38 bits per heavy atom. The minimum atomic E-state index is -0.610. The minimum absolute atomic E-state index is 0.260. The van der Waals surface area contributed by atoms with Gasteiger partial charge in [0.25, 0.3) is 0 Å². The summed E-state index contributed by atoms with van der Waals surface area (Å²) in [5.74, 6) is 6.82. The molecule has 1 aliphatic rings. The maximum atomic E-state index is 9.80. The highest BCUT2D eigenvalue weighted by atomic mass is 16.5. The molecular weight excluding hydrogens is 274 g/mol. The summed E-state index contributed by atoms with van der Waals surface area (Å²) in [5, 5.41) is 9.80. The summed E-state index contributed by atoms with van der Waals surface area (Å²) >= 11 is 0. The number of ether oxygens (including phenoxy) is 1. The van der Waals surface area contributed by atoms with E-state index in [1.54, 1.807) is 12.0 Å². The zero-order valence-electron chi connectivity index (χ0n) is 12.5. The van der Waals surface area contributed by atoms with Gasteiger partial charge in [-0.3, -0.25) is 5.43 Å². The average Bonchev–Trinajstić information content (AvgIpc) is 3.01. The number of aliphatic hydroxyl groups excluding tert-OH is 1. The van der Waals surface area contributed by atoms with Crippen molar-refractivity contribution in [3.8, 4) is 0 Å². The first-order valence-electron chi connectivity index (χ1n) is 7.00. The third-order valence-corrected chi connectivity index (χ3v) is 3.31. The Labute approximate surface area is 124 Å². The molecule has 1 fully saturated rings. The van der Waals surface area contributed by atoms with Gasteiger partial charge in [-0.15, -0.1) is 0 Å².